The molecule has 2 heterocycles. The zero-order valence-corrected chi connectivity index (χ0v) is 14.5. The summed E-state index contributed by atoms with van der Waals surface area (Å²) in [6, 6.07) is 4.05. The molecule has 0 aliphatic carbocycles. The Kier molecular flexibility index (Phi) is 4.96. The van der Waals surface area contributed by atoms with Gasteiger partial charge in [-0.15, -0.1) is 0 Å². The molecule has 0 saturated carbocycles. The van der Waals surface area contributed by atoms with Gasteiger partial charge in [-0.05, 0) is 30.5 Å². The lowest BCUT2D eigenvalue weighted by Gasteiger charge is -2.34. The number of halogens is 3. The van der Waals surface area contributed by atoms with Crippen LogP contribution in [0.2, 0.25) is 0 Å². The Bertz CT molecular complexity index is 690. The van der Waals surface area contributed by atoms with Gasteiger partial charge in [-0.2, -0.15) is 13.2 Å². The van der Waals surface area contributed by atoms with Crippen LogP contribution in [0.25, 0.3) is 0 Å². The van der Waals surface area contributed by atoms with Crippen LogP contribution in [-0.2, 0) is 15.8 Å². The number of rotatable bonds is 2. The van der Waals surface area contributed by atoms with E-state index in [2.05, 4.69) is 0 Å². The third-order valence-electron chi connectivity index (χ3n) is 5.25. The summed E-state index contributed by atoms with van der Waals surface area (Å²) in [5.74, 6) is -0.938. The van der Waals surface area contributed by atoms with E-state index in [9.17, 15) is 22.8 Å². The second kappa shape index (κ2) is 6.90. The summed E-state index contributed by atoms with van der Waals surface area (Å²) in [6.45, 7) is 1.05. The SMILES string of the molecule is CN1C(=O)C[C@H](C(=O)N2CCC[C@@H](N)C2)[C@H]1c1ccc(C(F)(F)F)cc1. The molecule has 2 saturated heterocycles. The van der Waals surface area contributed by atoms with Crippen LogP contribution in [0.4, 0.5) is 13.2 Å². The maximum Gasteiger partial charge on any atom is 0.416 e. The number of hydrogen-bond acceptors (Lipinski definition) is 3. The first kappa shape index (κ1) is 18.7. The van der Waals surface area contributed by atoms with E-state index >= 15 is 0 Å². The Balaban J connectivity index is 1.85. The van der Waals surface area contributed by atoms with E-state index in [0.717, 1.165) is 25.0 Å². The van der Waals surface area contributed by atoms with Crippen molar-refractivity contribution in [2.75, 3.05) is 20.1 Å². The lowest BCUT2D eigenvalue weighted by atomic mass is 9.91. The fourth-order valence-corrected chi connectivity index (χ4v) is 3.86. The quantitative estimate of drug-likeness (QED) is 0.869. The Morgan fingerprint density at radius 1 is 1.23 bits per heavy atom. The fourth-order valence-electron chi connectivity index (χ4n) is 3.86. The predicted molar refractivity (Wildman–Crippen MR) is 88.9 cm³/mol. The third-order valence-corrected chi connectivity index (χ3v) is 5.25. The Labute approximate surface area is 149 Å². The van der Waals surface area contributed by atoms with Crippen molar-refractivity contribution in [2.45, 2.75) is 37.5 Å². The molecule has 0 unspecified atom stereocenters. The van der Waals surface area contributed by atoms with Crippen molar-refractivity contribution in [2.24, 2.45) is 11.7 Å². The molecule has 2 aliphatic rings. The minimum atomic E-state index is -4.42. The maximum absolute atomic E-state index is 13.0. The first-order valence-corrected chi connectivity index (χ1v) is 8.65. The van der Waals surface area contributed by atoms with Crippen LogP contribution >= 0.6 is 0 Å². The number of nitrogens with zero attached hydrogens (tertiary/aromatic N) is 2. The van der Waals surface area contributed by atoms with Crippen LogP contribution in [0.3, 0.4) is 0 Å². The third kappa shape index (κ3) is 3.56. The van der Waals surface area contributed by atoms with Crippen LogP contribution in [0.5, 0.6) is 0 Å². The molecule has 1 aromatic carbocycles. The van der Waals surface area contributed by atoms with Gasteiger partial charge in [0.2, 0.25) is 11.8 Å². The van der Waals surface area contributed by atoms with Gasteiger partial charge in [0.1, 0.15) is 0 Å². The Morgan fingerprint density at radius 2 is 1.88 bits per heavy atom. The molecular formula is C18H22F3N3O2. The number of piperidine rings is 1. The molecule has 3 atom stereocenters. The normalized spacial score (nSPS) is 27.1. The molecule has 2 fully saturated rings. The molecule has 1 aromatic rings. The molecule has 0 radical (unpaired) electrons. The Morgan fingerprint density at radius 3 is 2.46 bits per heavy atom. The molecule has 142 valence electrons. The minimum Gasteiger partial charge on any atom is -0.341 e. The van der Waals surface area contributed by atoms with Crippen molar-refractivity contribution in [3.05, 3.63) is 35.4 Å². The van der Waals surface area contributed by atoms with Gasteiger partial charge in [0.15, 0.2) is 0 Å². The maximum atomic E-state index is 13.0. The molecule has 0 bridgehead atoms. The highest BCUT2D eigenvalue weighted by Gasteiger charge is 2.44. The van der Waals surface area contributed by atoms with Crippen LogP contribution in [0.15, 0.2) is 24.3 Å². The van der Waals surface area contributed by atoms with Crippen LogP contribution in [-0.4, -0.2) is 47.8 Å². The number of alkyl halides is 3. The van der Waals surface area contributed by atoms with Gasteiger partial charge in [0.05, 0.1) is 17.5 Å². The van der Waals surface area contributed by atoms with Crippen LogP contribution in [0.1, 0.15) is 36.4 Å². The Hall–Kier alpha value is -2.09. The average molecular weight is 369 g/mol. The smallest absolute Gasteiger partial charge is 0.341 e. The van der Waals surface area contributed by atoms with Gasteiger partial charge in [0, 0.05) is 32.6 Å². The van der Waals surface area contributed by atoms with Crippen LogP contribution < -0.4 is 5.73 Å². The fraction of sp³-hybridized carbons (Fsp3) is 0.556. The first-order valence-electron chi connectivity index (χ1n) is 8.65. The van der Waals surface area contributed by atoms with E-state index in [-0.39, 0.29) is 24.3 Å². The van der Waals surface area contributed by atoms with E-state index in [1.165, 1.54) is 17.0 Å². The zero-order chi connectivity index (χ0) is 19.1. The molecule has 0 spiro atoms. The number of carbonyl (C=O) groups is 2. The molecule has 2 N–H and O–H groups in total. The molecular weight excluding hydrogens is 347 g/mol. The monoisotopic (exact) mass is 369 g/mol. The topological polar surface area (TPSA) is 66.6 Å². The van der Waals surface area contributed by atoms with Gasteiger partial charge >= 0.3 is 6.18 Å². The summed E-state index contributed by atoms with van der Waals surface area (Å²) >= 11 is 0. The van der Waals surface area contributed by atoms with Crippen molar-refractivity contribution >= 4 is 11.8 Å². The average Bonchev–Trinajstić information content (AvgIpc) is 2.89. The number of hydrogen-bond donors (Lipinski definition) is 1. The van der Waals surface area contributed by atoms with E-state index in [1.54, 1.807) is 11.9 Å². The van der Waals surface area contributed by atoms with Crippen molar-refractivity contribution in [1.82, 2.24) is 9.80 Å². The van der Waals surface area contributed by atoms with Gasteiger partial charge in [0.25, 0.3) is 0 Å². The summed E-state index contributed by atoms with van der Waals surface area (Å²) in [5, 5.41) is 0. The zero-order valence-electron chi connectivity index (χ0n) is 14.5. The molecule has 2 aliphatic heterocycles. The number of likely N-dealkylation sites (tertiary alicyclic amines) is 2. The summed E-state index contributed by atoms with van der Waals surface area (Å²) in [6.07, 6.45) is -2.69. The molecule has 5 nitrogen and oxygen atoms in total. The summed E-state index contributed by atoms with van der Waals surface area (Å²) in [7, 11) is 1.58. The largest absolute Gasteiger partial charge is 0.416 e. The number of amides is 2. The highest BCUT2D eigenvalue weighted by atomic mass is 19.4. The lowest BCUT2D eigenvalue weighted by Crippen LogP contribution is -2.48. The summed E-state index contributed by atoms with van der Waals surface area (Å²) < 4.78 is 38.3. The van der Waals surface area contributed by atoms with Crippen molar-refractivity contribution < 1.29 is 22.8 Å². The standard InChI is InChI=1S/C18H22F3N3O2/c1-23-15(25)9-14(17(26)24-8-2-3-13(22)10-24)16(23)11-4-6-12(7-5-11)18(19,20)21/h4-7,13-14,16H,2-3,8-10,22H2,1H3/t13-,14+,16-/m1/s1. The molecule has 3 rings (SSSR count). The van der Waals surface area contributed by atoms with E-state index in [0.29, 0.717) is 18.7 Å². The van der Waals surface area contributed by atoms with Gasteiger partial charge in [-0.25, -0.2) is 0 Å². The summed E-state index contributed by atoms with van der Waals surface area (Å²) in [5.41, 5.74) is 5.72. The number of benzene rings is 1. The summed E-state index contributed by atoms with van der Waals surface area (Å²) in [4.78, 5) is 28.3. The minimum absolute atomic E-state index is 0.0623. The second-order valence-corrected chi connectivity index (χ2v) is 7.07. The van der Waals surface area contributed by atoms with E-state index < -0.39 is 23.7 Å². The van der Waals surface area contributed by atoms with Gasteiger partial charge < -0.3 is 15.5 Å². The van der Waals surface area contributed by atoms with E-state index in [4.69, 9.17) is 5.73 Å². The van der Waals surface area contributed by atoms with E-state index in [1.807, 2.05) is 0 Å². The van der Waals surface area contributed by atoms with Crippen molar-refractivity contribution in [3.8, 4) is 0 Å². The van der Waals surface area contributed by atoms with Gasteiger partial charge in [-0.1, -0.05) is 12.1 Å². The number of carbonyl (C=O) groups excluding carboxylic acids is 2. The van der Waals surface area contributed by atoms with Crippen LogP contribution in [0, 0.1) is 5.92 Å². The van der Waals surface area contributed by atoms with Crippen molar-refractivity contribution in [3.63, 3.8) is 0 Å². The second-order valence-electron chi connectivity index (χ2n) is 7.07. The highest BCUT2D eigenvalue weighted by Crippen LogP contribution is 2.39. The predicted octanol–water partition coefficient (Wildman–Crippen LogP) is 2.17. The highest BCUT2D eigenvalue weighted by molar-refractivity contribution is 5.90. The first-order chi connectivity index (χ1) is 12.2. The molecule has 0 aromatic heterocycles. The van der Waals surface area contributed by atoms with Crippen molar-refractivity contribution in [1.29, 1.82) is 0 Å². The molecule has 2 amide bonds. The van der Waals surface area contributed by atoms with Gasteiger partial charge in [-0.3, -0.25) is 9.59 Å². The molecule has 26 heavy (non-hydrogen) atoms. The number of nitrogens with two attached hydrogens (primary N) is 1. The lowest BCUT2D eigenvalue weighted by molar-refractivity contribution is -0.138. The molecule has 8 heteroatoms.